The van der Waals surface area contributed by atoms with Crippen molar-refractivity contribution in [1.29, 1.82) is 0 Å². The van der Waals surface area contributed by atoms with Gasteiger partial charge in [0.25, 0.3) is 0 Å². The van der Waals surface area contributed by atoms with Crippen LogP contribution in [0.1, 0.15) is 20.3 Å². The zero-order valence-corrected chi connectivity index (χ0v) is 7.72. The van der Waals surface area contributed by atoms with Gasteiger partial charge in [0.05, 0.1) is 7.11 Å². The van der Waals surface area contributed by atoms with Crippen molar-refractivity contribution in [2.45, 2.75) is 20.3 Å². The highest BCUT2D eigenvalue weighted by Gasteiger charge is 1.97. The number of hydrogen-bond acceptors (Lipinski definition) is 2. The first-order chi connectivity index (χ1) is 5.61. The number of nitrogens with zero attached hydrogens (tertiary/aromatic N) is 1. The van der Waals surface area contributed by atoms with E-state index in [0.717, 1.165) is 12.0 Å². The molecule has 0 unspecified atom stereocenters. The number of methoxy groups -OCH3 is 1. The van der Waals surface area contributed by atoms with E-state index >= 15 is 0 Å². The lowest BCUT2D eigenvalue weighted by Crippen LogP contribution is -1.87. The molecule has 0 atom stereocenters. The van der Waals surface area contributed by atoms with Gasteiger partial charge in [0, 0.05) is 6.21 Å². The van der Waals surface area contributed by atoms with Gasteiger partial charge in [0.2, 0.25) is 5.88 Å². The summed E-state index contributed by atoms with van der Waals surface area (Å²) in [6, 6.07) is 0. The van der Waals surface area contributed by atoms with Gasteiger partial charge < -0.3 is 4.74 Å². The Morgan fingerprint density at radius 1 is 1.67 bits per heavy atom. The maximum absolute atomic E-state index is 12.5. The first kappa shape index (κ1) is 10.9. The van der Waals surface area contributed by atoms with Crippen LogP contribution >= 0.6 is 0 Å². The molecule has 0 aliphatic carbocycles. The van der Waals surface area contributed by atoms with Gasteiger partial charge in [-0.1, -0.05) is 13.5 Å². The second kappa shape index (κ2) is 5.52. The van der Waals surface area contributed by atoms with E-state index in [-0.39, 0.29) is 5.88 Å². The summed E-state index contributed by atoms with van der Waals surface area (Å²) in [5, 5.41) is 0. The Kier molecular flexibility index (Phi) is 5.00. The van der Waals surface area contributed by atoms with E-state index in [1.54, 1.807) is 0 Å². The fraction of sp³-hybridized carbons (Fsp3) is 0.444. The second-order valence-electron chi connectivity index (χ2n) is 2.31. The zero-order chi connectivity index (χ0) is 9.56. The van der Waals surface area contributed by atoms with E-state index in [1.807, 2.05) is 6.92 Å². The number of hydrogen-bond donors (Lipinski definition) is 0. The predicted octanol–water partition coefficient (Wildman–Crippen LogP) is 2.83. The van der Waals surface area contributed by atoms with Gasteiger partial charge in [-0.15, -0.1) is 0 Å². The standard InChI is InChI=1S/C9H14FNO/c1-5-7(2)6-11-9(12-4)8(3)10/h6H,2,5H2,1,3-4H3/b9-8-,11-6?. The molecule has 0 saturated heterocycles. The van der Waals surface area contributed by atoms with Crippen LogP contribution in [-0.2, 0) is 4.74 Å². The average Bonchev–Trinajstić information content (AvgIpc) is 2.04. The molecule has 12 heavy (non-hydrogen) atoms. The molecule has 0 heterocycles. The third kappa shape index (κ3) is 3.91. The Hall–Kier alpha value is -1.12. The second-order valence-corrected chi connectivity index (χ2v) is 2.31. The van der Waals surface area contributed by atoms with Crippen LogP contribution in [-0.4, -0.2) is 13.3 Å². The molecule has 0 fully saturated rings. The fourth-order valence-corrected chi connectivity index (χ4v) is 0.523. The summed E-state index contributed by atoms with van der Waals surface area (Å²) in [6.07, 6.45) is 2.30. The predicted molar refractivity (Wildman–Crippen MR) is 48.7 cm³/mol. The Balaban J connectivity index is 4.32. The van der Waals surface area contributed by atoms with Gasteiger partial charge >= 0.3 is 0 Å². The number of allylic oxidation sites excluding steroid dienone is 2. The Bertz CT molecular complexity index is 215. The van der Waals surface area contributed by atoms with Crippen LogP contribution in [0.15, 0.2) is 28.9 Å². The summed E-state index contributed by atoms with van der Waals surface area (Å²) >= 11 is 0. The highest BCUT2D eigenvalue weighted by molar-refractivity contribution is 5.78. The SMILES string of the molecule is C=C(C=N/C(OC)=C(\C)F)CC. The maximum Gasteiger partial charge on any atom is 0.245 e. The largest absolute Gasteiger partial charge is 0.479 e. The molecular formula is C9H14FNO. The van der Waals surface area contributed by atoms with Crippen molar-refractivity contribution >= 4 is 6.21 Å². The van der Waals surface area contributed by atoms with E-state index in [9.17, 15) is 4.39 Å². The lowest BCUT2D eigenvalue weighted by atomic mass is 10.3. The summed E-state index contributed by atoms with van der Waals surface area (Å²) in [4.78, 5) is 3.77. The molecule has 0 aliphatic rings. The van der Waals surface area contributed by atoms with Crippen molar-refractivity contribution in [2.75, 3.05) is 7.11 Å². The molecule has 0 bridgehead atoms. The molecule has 0 aromatic rings. The van der Waals surface area contributed by atoms with Gasteiger partial charge in [0.15, 0.2) is 5.83 Å². The van der Waals surface area contributed by atoms with Gasteiger partial charge in [-0.05, 0) is 18.9 Å². The van der Waals surface area contributed by atoms with Crippen molar-refractivity contribution in [3.05, 3.63) is 23.9 Å². The Morgan fingerprint density at radius 3 is 2.58 bits per heavy atom. The van der Waals surface area contributed by atoms with Crippen LogP contribution in [0.3, 0.4) is 0 Å². The Labute approximate surface area is 72.5 Å². The number of aliphatic imine (C=N–C) groups is 1. The van der Waals surface area contributed by atoms with Crippen molar-refractivity contribution in [3.8, 4) is 0 Å². The van der Waals surface area contributed by atoms with E-state index < -0.39 is 5.83 Å². The molecule has 2 nitrogen and oxygen atoms in total. The van der Waals surface area contributed by atoms with Crippen LogP contribution in [0.4, 0.5) is 4.39 Å². The van der Waals surface area contributed by atoms with Crippen LogP contribution in [0.25, 0.3) is 0 Å². The zero-order valence-electron chi connectivity index (χ0n) is 7.72. The maximum atomic E-state index is 12.5. The highest BCUT2D eigenvalue weighted by atomic mass is 19.1. The molecule has 0 saturated carbocycles. The summed E-state index contributed by atoms with van der Waals surface area (Å²) in [7, 11) is 1.38. The van der Waals surface area contributed by atoms with Gasteiger partial charge in [-0.2, -0.15) is 0 Å². The van der Waals surface area contributed by atoms with Crippen LogP contribution < -0.4 is 0 Å². The molecule has 0 spiro atoms. The minimum Gasteiger partial charge on any atom is -0.479 e. The quantitative estimate of drug-likeness (QED) is 0.470. The van der Waals surface area contributed by atoms with Crippen LogP contribution in [0.2, 0.25) is 0 Å². The van der Waals surface area contributed by atoms with Gasteiger partial charge in [-0.25, -0.2) is 9.38 Å². The summed E-state index contributed by atoms with van der Waals surface area (Å²) in [5.41, 5.74) is 0.839. The highest BCUT2D eigenvalue weighted by Crippen LogP contribution is 2.07. The normalized spacial score (nSPS) is 13.0. The lowest BCUT2D eigenvalue weighted by molar-refractivity contribution is 0.272. The monoisotopic (exact) mass is 171 g/mol. The van der Waals surface area contributed by atoms with Crippen LogP contribution in [0.5, 0.6) is 0 Å². The lowest BCUT2D eigenvalue weighted by Gasteiger charge is -1.98. The molecule has 0 N–H and O–H groups in total. The smallest absolute Gasteiger partial charge is 0.245 e. The van der Waals surface area contributed by atoms with E-state index in [2.05, 4.69) is 16.3 Å². The molecule has 0 aromatic carbocycles. The minimum absolute atomic E-state index is 0.00426. The van der Waals surface area contributed by atoms with Crippen molar-refractivity contribution < 1.29 is 9.13 Å². The molecule has 0 rings (SSSR count). The summed E-state index contributed by atoms with van der Waals surface area (Å²) < 4.78 is 17.2. The Morgan fingerprint density at radius 2 is 2.25 bits per heavy atom. The molecule has 0 aliphatic heterocycles. The van der Waals surface area contributed by atoms with Crippen molar-refractivity contribution in [1.82, 2.24) is 0 Å². The molecule has 0 amide bonds. The molecule has 68 valence electrons. The molecule has 3 heteroatoms. The average molecular weight is 171 g/mol. The number of halogens is 1. The van der Waals surface area contributed by atoms with E-state index in [0.29, 0.717) is 0 Å². The molecule has 0 aromatic heterocycles. The van der Waals surface area contributed by atoms with E-state index in [4.69, 9.17) is 0 Å². The first-order valence-corrected chi connectivity index (χ1v) is 3.74. The first-order valence-electron chi connectivity index (χ1n) is 3.74. The van der Waals surface area contributed by atoms with Crippen molar-refractivity contribution in [3.63, 3.8) is 0 Å². The minimum atomic E-state index is -0.433. The van der Waals surface area contributed by atoms with E-state index in [1.165, 1.54) is 20.2 Å². The summed E-state index contributed by atoms with van der Waals surface area (Å²) in [6.45, 7) is 6.94. The third-order valence-electron chi connectivity index (χ3n) is 1.31. The van der Waals surface area contributed by atoms with Crippen LogP contribution in [0, 0.1) is 0 Å². The molecular weight excluding hydrogens is 157 g/mol. The molecule has 0 radical (unpaired) electrons. The topological polar surface area (TPSA) is 21.6 Å². The van der Waals surface area contributed by atoms with Crippen molar-refractivity contribution in [2.24, 2.45) is 4.99 Å². The number of rotatable bonds is 4. The van der Waals surface area contributed by atoms with Gasteiger partial charge in [0.1, 0.15) is 0 Å². The summed E-state index contributed by atoms with van der Waals surface area (Å²) in [5.74, 6) is -0.428. The fourth-order valence-electron chi connectivity index (χ4n) is 0.523. The number of ether oxygens (including phenoxy) is 1. The third-order valence-corrected chi connectivity index (χ3v) is 1.31. The van der Waals surface area contributed by atoms with Gasteiger partial charge in [-0.3, -0.25) is 0 Å².